The van der Waals surface area contributed by atoms with Crippen LogP contribution in [0, 0.1) is 13.8 Å². The largest absolute Gasteiger partial charge is 0.491 e. The third-order valence-electron chi connectivity index (χ3n) is 5.28. The highest BCUT2D eigenvalue weighted by atomic mass is 16.5. The molecule has 0 radical (unpaired) electrons. The van der Waals surface area contributed by atoms with E-state index in [1.807, 2.05) is 32.0 Å². The van der Waals surface area contributed by atoms with Crippen molar-refractivity contribution in [2.45, 2.75) is 51.5 Å². The summed E-state index contributed by atoms with van der Waals surface area (Å²) in [5, 5.41) is 5.58. The van der Waals surface area contributed by atoms with Crippen LogP contribution >= 0.6 is 0 Å². The van der Waals surface area contributed by atoms with Gasteiger partial charge in [0.15, 0.2) is 0 Å². The molecule has 4 amide bonds. The molecule has 27 heavy (non-hydrogen) atoms. The fourth-order valence-electron chi connectivity index (χ4n) is 3.81. The Morgan fingerprint density at radius 2 is 2.00 bits per heavy atom. The minimum absolute atomic E-state index is 0.0960. The molecular formula is C20H27N3O4. The monoisotopic (exact) mass is 373 g/mol. The molecule has 1 aliphatic carbocycles. The second kappa shape index (κ2) is 7.98. The van der Waals surface area contributed by atoms with E-state index in [-0.39, 0.29) is 30.8 Å². The summed E-state index contributed by atoms with van der Waals surface area (Å²) in [4.78, 5) is 37.8. The molecule has 2 fully saturated rings. The summed E-state index contributed by atoms with van der Waals surface area (Å²) in [5.41, 5.74) is 1.52. The van der Waals surface area contributed by atoms with Crippen molar-refractivity contribution in [1.82, 2.24) is 15.5 Å². The fraction of sp³-hybridized carbons (Fsp3) is 0.550. The molecule has 1 aliphatic heterocycles. The van der Waals surface area contributed by atoms with Gasteiger partial charge in [0, 0.05) is 13.0 Å². The van der Waals surface area contributed by atoms with Gasteiger partial charge in [0.25, 0.3) is 5.91 Å². The van der Waals surface area contributed by atoms with Crippen molar-refractivity contribution in [1.29, 1.82) is 0 Å². The quantitative estimate of drug-likeness (QED) is 0.566. The van der Waals surface area contributed by atoms with Crippen molar-refractivity contribution in [3.63, 3.8) is 0 Å². The number of carbonyl (C=O) groups is 3. The van der Waals surface area contributed by atoms with E-state index in [0.29, 0.717) is 26.0 Å². The molecule has 0 aromatic heterocycles. The summed E-state index contributed by atoms with van der Waals surface area (Å²) in [6.07, 6.45) is 3.37. The molecule has 0 unspecified atom stereocenters. The van der Waals surface area contributed by atoms with Gasteiger partial charge in [-0.3, -0.25) is 14.5 Å². The number of benzene rings is 1. The molecule has 3 rings (SSSR count). The van der Waals surface area contributed by atoms with Gasteiger partial charge in [0.05, 0.1) is 6.54 Å². The smallest absolute Gasteiger partial charge is 0.325 e. The van der Waals surface area contributed by atoms with Gasteiger partial charge in [-0.05, 0) is 38.3 Å². The first-order valence-corrected chi connectivity index (χ1v) is 9.52. The summed E-state index contributed by atoms with van der Waals surface area (Å²) >= 11 is 0. The molecule has 146 valence electrons. The Balaban J connectivity index is 1.38. The van der Waals surface area contributed by atoms with Crippen LogP contribution in [0.2, 0.25) is 0 Å². The van der Waals surface area contributed by atoms with Crippen LogP contribution in [-0.4, -0.2) is 48.0 Å². The molecule has 2 N–H and O–H groups in total. The van der Waals surface area contributed by atoms with E-state index in [0.717, 1.165) is 24.2 Å². The maximum absolute atomic E-state index is 12.5. The Morgan fingerprint density at radius 1 is 1.26 bits per heavy atom. The summed E-state index contributed by atoms with van der Waals surface area (Å²) in [6.45, 7) is 4.85. The van der Waals surface area contributed by atoms with Crippen LogP contribution < -0.4 is 15.4 Å². The van der Waals surface area contributed by atoms with Crippen LogP contribution in [0.4, 0.5) is 4.79 Å². The predicted molar refractivity (Wildman–Crippen MR) is 100 cm³/mol. The van der Waals surface area contributed by atoms with Crippen LogP contribution in [0.25, 0.3) is 0 Å². The average molecular weight is 373 g/mol. The minimum atomic E-state index is -0.715. The lowest BCUT2D eigenvalue weighted by Crippen LogP contribution is -2.44. The number of nitrogens with one attached hydrogen (secondary N) is 2. The Morgan fingerprint density at radius 3 is 2.70 bits per heavy atom. The second-order valence-corrected chi connectivity index (χ2v) is 7.39. The Bertz CT molecular complexity index is 741. The molecule has 1 saturated carbocycles. The number of carbonyl (C=O) groups excluding carboxylic acids is 3. The lowest BCUT2D eigenvalue weighted by Gasteiger charge is -2.19. The van der Waals surface area contributed by atoms with Crippen LogP contribution in [0.5, 0.6) is 5.75 Å². The molecule has 2 aliphatic rings. The molecule has 1 saturated heterocycles. The number of urea groups is 1. The van der Waals surface area contributed by atoms with Crippen molar-refractivity contribution in [2.24, 2.45) is 0 Å². The summed E-state index contributed by atoms with van der Waals surface area (Å²) in [6, 6.07) is 5.57. The molecule has 1 spiro atoms. The van der Waals surface area contributed by atoms with Crippen molar-refractivity contribution in [3.05, 3.63) is 29.3 Å². The first-order valence-electron chi connectivity index (χ1n) is 9.52. The molecule has 0 atom stereocenters. The first kappa shape index (κ1) is 19.2. The van der Waals surface area contributed by atoms with Gasteiger partial charge in [-0.15, -0.1) is 0 Å². The number of hydrogen-bond donors (Lipinski definition) is 2. The molecule has 7 nitrogen and oxygen atoms in total. The SMILES string of the molecule is Cc1ccc(OCCNC(=O)CCN2C(=O)NC3(CCCC3)C2=O)c(C)c1. The molecule has 1 aromatic carbocycles. The van der Waals surface area contributed by atoms with E-state index in [2.05, 4.69) is 10.6 Å². The van der Waals surface area contributed by atoms with E-state index in [1.54, 1.807) is 0 Å². The van der Waals surface area contributed by atoms with E-state index in [4.69, 9.17) is 4.74 Å². The van der Waals surface area contributed by atoms with Crippen LogP contribution in [0.1, 0.15) is 43.2 Å². The van der Waals surface area contributed by atoms with E-state index in [9.17, 15) is 14.4 Å². The number of nitrogens with zero attached hydrogens (tertiary/aromatic N) is 1. The van der Waals surface area contributed by atoms with Crippen molar-refractivity contribution in [2.75, 3.05) is 19.7 Å². The fourth-order valence-corrected chi connectivity index (χ4v) is 3.81. The zero-order chi connectivity index (χ0) is 19.4. The Hall–Kier alpha value is -2.57. The number of aryl methyl sites for hydroxylation is 2. The van der Waals surface area contributed by atoms with E-state index in [1.165, 1.54) is 10.5 Å². The number of rotatable bonds is 7. The van der Waals surface area contributed by atoms with Crippen LogP contribution in [0.15, 0.2) is 18.2 Å². The van der Waals surface area contributed by atoms with Gasteiger partial charge < -0.3 is 15.4 Å². The number of hydrogen-bond acceptors (Lipinski definition) is 4. The van der Waals surface area contributed by atoms with Gasteiger partial charge in [-0.2, -0.15) is 0 Å². The zero-order valence-corrected chi connectivity index (χ0v) is 16.0. The van der Waals surface area contributed by atoms with E-state index >= 15 is 0 Å². The van der Waals surface area contributed by atoms with Gasteiger partial charge in [-0.25, -0.2) is 4.79 Å². The standard InChI is InChI=1S/C20H27N3O4/c1-14-5-6-16(15(2)13-14)27-12-10-21-17(24)7-11-23-18(25)20(22-19(23)26)8-3-4-9-20/h5-6,13H,3-4,7-12H2,1-2H3,(H,21,24)(H,22,26). The van der Waals surface area contributed by atoms with E-state index < -0.39 is 5.54 Å². The third-order valence-corrected chi connectivity index (χ3v) is 5.28. The molecule has 1 heterocycles. The number of amides is 4. The highest BCUT2D eigenvalue weighted by molar-refractivity contribution is 6.07. The number of ether oxygens (including phenoxy) is 1. The summed E-state index contributed by atoms with van der Waals surface area (Å²) in [5.74, 6) is 0.416. The second-order valence-electron chi connectivity index (χ2n) is 7.39. The lowest BCUT2D eigenvalue weighted by atomic mass is 9.98. The highest BCUT2D eigenvalue weighted by Crippen LogP contribution is 2.34. The third kappa shape index (κ3) is 4.23. The summed E-state index contributed by atoms with van der Waals surface area (Å²) < 4.78 is 5.67. The Labute approximate surface area is 159 Å². The van der Waals surface area contributed by atoms with Crippen LogP contribution in [0.3, 0.4) is 0 Å². The minimum Gasteiger partial charge on any atom is -0.491 e. The van der Waals surface area contributed by atoms with Crippen molar-refractivity contribution in [3.8, 4) is 5.75 Å². The first-order chi connectivity index (χ1) is 12.9. The van der Waals surface area contributed by atoms with Gasteiger partial charge in [0.1, 0.15) is 17.9 Å². The van der Waals surface area contributed by atoms with Crippen LogP contribution in [-0.2, 0) is 9.59 Å². The molecule has 0 bridgehead atoms. The van der Waals surface area contributed by atoms with Crippen molar-refractivity contribution >= 4 is 17.8 Å². The molecule has 1 aromatic rings. The molecular weight excluding hydrogens is 346 g/mol. The summed E-state index contributed by atoms with van der Waals surface area (Å²) in [7, 11) is 0. The zero-order valence-electron chi connectivity index (χ0n) is 16.0. The topological polar surface area (TPSA) is 87.7 Å². The predicted octanol–water partition coefficient (Wildman–Crippen LogP) is 2.05. The average Bonchev–Trinajstić information content (AvgIpc) is 3.18. The van der Waals surface area contributed by atoms with Gasteiger partial charge in [0.2, 0.25) is 5.91 Å². The Kier molecular flexibility index (Phi) is 5.68. The normalized spacial score (nSPS) is 18.1. The lowest BCUT2D eigenvalue weighted by molar-refractivity contribution is -0.131. The van der Waals surface area contributed by atoms with Gasteiger partial charge in [-0.1, -0.05) is 30.5 Å². The van der Waals surface area contributed by atoms with Crippen molar-refractivity contribution < 1.29 is 19.1 Å². The number of imide groups is 1. The highest BCUT2D eigenvalue weighted by Gasteiger charge is 2.52. The van der Waals surface area contributed by atoms with Gasteiger partial charge >= 0.3 is 6.03 Å². The molecule has 7 heteroatoms. The maximum Gasteiger partial charge on any atom is 0.325 e. The maximum atomic E-state index is 12.5.